The Kier molecular flexibility index (Phi) is 4.95. The highest BCUT2D eigenvalue weighted by molar-refractivity contribution is 5.88. The Morgan fingerprint density at radius 1 is 1.37 bits per heavy atom. The van der Waals surface area contributed by atoms with E-state index in [-0.39, 0.29) is 5.56 Å². The fraction of sp³-hybridized carbons (Fsp3) is 0.308. The lowest BCUT2D eigenvalue weighted by Gasteiger charge is -2.08. The van der Waals surface area contributed by atoms with Crippen molar-refractivity contribution < 1.29 is 23.1 Å². The molecule has 6 heteroatoms. The predicted octanol–water partition coefficient (Wildman–Crippen LogP) is 2.36. The maximum Gasteiger partial charge on any atom is 0.416 e. The van der Waals surface area contributed by atoms with Gasteiger partial charge in [0.05, 0.1) is 11.1 Å². The van der Waals surface area contributed by atoms with Gasteiger partial charge in [0.2, 0.25) is 0 Å². The molecule has 0 unspecified atom stereocenters. The normalized spacial score (nSPS) is 10.7. The lowest BCUT2D eigenvalue weighted by atomic mass is 10.1. The van der Waals surface area contributed by atoms with E-state index < -0.39 is 23.3 Å². The molecule has 0 heterocycles. The number of aromatic carboxylic acids is 1. The van der Waals surface area contributed by atoms with Crippen LogP contribution >= 0.6 is 0 Å². The van der Waals surface area contributed by atoms with Crippen LogP contribution in [-0.2, 0) is 6.18 Å². The van der Waals surface area contributed by atoms with Gasteiger partial charge in [-0.3, -0.25) is 0 Å². The lowest BCUT2D eigenvalue weighted by molar-refractivity contribution is -0.137. The number of hydrogen-bond acceptors (Lipinski definition) is 2. The van der Waals surface area contributed by atoms with Gasteiger partial charge in [-0.05, 0) is 25.2 Å². The van der Waals surface area contributed by atoms with Crippen LogP contribution in [0.4, 0.5) is 13.2 Å². The highest BCUT2D eigenvalue weighted by atomic mass is 19.4. The number of carboxylic acid groups (broad SMARTS) is 1. The number of hydrogen-bond donors (Lipinski definition) is 2. The molecule has 3 nitrogen and oxygen atoms in total. The van der Waals surface area contributed by atoms with E-state index in [1.165, 1.54) is 0 Å². The van der Waals surface area contributed by atoms with Crippen LogP contribution in [-0.4, -0.2) is 24.7 Å². The summed E-state index contributed by atoms with van der Waals surface area (Å²) in [5, 5.41) is 11.6. The molecule has 0 atom stereocenters. The molecule has 0 aromatic heterocycles. The average molecular weight is 271 g/mol. The molecule has 1 aromatic rings. The first-order chi connectivity index (χ1) is 8.84. The second-order valence-corrected chi connectivity index (χ2v) is 3.76. The van der Waals surface area contributed by atoms with Crippen LogP contribution in [0.15, 0.2) is 18.2 Å². The van der Waals surface area contributed by atoms with Gasteiger partial charge in [0, 0.05) is 18.5 Å². The van der Waals surface area contributed by atoms with Crippen molar-refractivity contribution in [2.75, 3.05) is 13.6 Å². The van der Waals surface area contributed by atoms with E-state index in [2.05, 4.69) is 17.2 Å². The zero-order chi connectivity index (χ0) is 14.5. The standard InChI is InChI=1S/C13H12F3NO2/c1-17-5-3-2-4-9-6-10(12(18)19)8-11(7-9)13(14,15)16/h6-8,17H,3,5H2,1H3,(H,18,19). The smallest absolute Gasteiger partial charge is 0.416 e. The minimum Gasteiger partial charge on any atom is -0.478 e. The molecule has 0 radical (unpaired) electrons. The SMILES string of the molecule is CNCCC#Cc1cc(C(=O)O)cc(C(F)(F)F)c1. The van der Waals surface area contributed by atoms with Gasteiger partial charge in [0.1, 0.15) is 0 Å². The number of carboxylic acids is 1. The number of carbonyl (C=O) groups is 1. The number of halogens is 3. The van der Waals surface area contributed by atoms with Crippen LogP contribution in [0.1, 0.15) is 27.9 Å². The summed E-state index contributed by atoms with van der Waals surface area (Å²) in [7, 11) is 1.73. The Labute approximate surface area is 108 Å². The zero-order valence-electron chi connectivity index (χ0n) is 10.1. The third-order valence-electron chi connectivity index (χ3n) is 2.24. The lowest BCUT2D eigenvalue weighted by Crippen LogP contribution is -2.08. The monoisotopic (exact) mass is 271 g/mol. The predicted molar refractivity (Wildman–Crippen MR) is 63.8 cm³/mol. The molecule has 0 spiro atoms. The maximum absolute atomic E-state index is 12.6. The van der Waals surface area contributed by atoms with E-state index in [9.17, 15) is 18.0 Å². The fourth-order valence-electron chi connectivity index (χ4n) is 1.34. The Morgan fingerprint density at radius 2 is 2.05 bits per heavy atom. The molecular weight excluding hydrogens is 259 g/mol. The van der Waals surface area contributed by atoms with E-state index in [4.69, 9.17) is 5.11 Å². The first-order valence-electron chi connectivity index (χ1n) is 5.43. The molecule has 0 amide bonds. The van der Waals surface area contributed by atoms with E-state index in [1.807, 2.05) is 0 Å². The molecule has 102 valence electrons. The minimum atomic E-state index is -4.59. The molecule has 0 aliphatic carbocycles. The summed E-state index contributed by atoms with van der Waals surface area (Å²) in [6, 6.07) is 2.57. The third kappa shape index (κ3) is 4.64. The minimum absolute atomic E-state index is 0.0447. The van der Waals surface area contributed by atoms with Crippen LogP contribution in [0.2, 0.25) is 0 Å². The number of benzene rings is 1. The second-order valence-electron chi connectivity index (χ2n) is 3.76. The van der Waals surface area contributed by atoms with E-state index in [1.54, 1.807) is 7.05 Å². The van der Waals surface area contributed by atoms with Gasteiger partial charge in [-0.2, -0.15) is 13.2 Å². The molecule has 1 aromatic carbocycles. The summed E-state index contributed by atoms with van der Waals surface area (Å²) in [6.45, 7) is 0.609. The first kappa shape index (κ1) is 15.1. The van der Waals surface area contributed by atoms with Crippen LogP contribution in [0.3, 0.4) is 0 Å². The Morgan fingerprint density at radius 3 is 2.58 bits per heavy atom. The number of nitrogens with one attached hydrogen (secondary N) is 1. The topological polar surface area (TPSA) is 49.3 Å². The summed E-state index contributed by atoms with van der Waals surface area (Å²) in [5.41, 5.74) is -1.39. The molecule has 0 aliphatic rings. The molecule has 19 heavy (non-hydrogen) atoms. The third-order valence-corrected chi connectivity index (χ3v) is 2.24. The molecule has 0 aliphatic heterocycles. The second kappa shape index (κ2) is 6.25. The molecule has 1 rings (SSSR count). The average Bonchev–Trinajstić information content (AvgIpc) is 2.33. The van der Waals surface area contributed by atoms with Gasteiger partial charge in [0.25, 0.3) is 0 Å². The van der Waals surface area contributed by atoms with E-state index in [0.29, 0.717) is 19.0 Å². The van der Waals surface area contributed by atoms with Crippen molar-refractivity contribution in [1.29, 1.82) is 0 Å². The molecular formula is C13H12F3NO2. The van der Waals surface area contributed by atoms with Gasteiger partial charge < -0.3 is 10.4 Å². The molecule has 0 saturated carbocycles. The summed E-state index contributed by atoms with van der Waals surface area (Å²) in [4.78, 5) is 10.8. The highest BCUT2D eigenvalue weighted by Gasteiger charge is 2.31. The molecule has 0 fully saturated rings. The van der Waals surface area contributed by atoms with E-state index >= 15 is 0 Å². The van der Waals surface area contributed by atoms with Gasteiger partial charge in [0.15, 0.2) is 0 Å². The quantitative estimate of drug-likeness (QED) is 0.655. The van der Waals surface area contributed by atoms with Crippen molar-refractivity contribution in [3.05, 3.63) is 34.9 Å². The van der Waals surface area contributed by atoms with Crippen molar-refractivity contribution in [3.8, 4) is 11.8 Å². The summed E-state index contributed by atoms with van der Waals surface area (Å²) < 4.78 is 37.8. The number of rotatable bonds is 3. The van der Waals surface area contributed by atoms with Crippen LogP contribution < -0.4 is 5.32 Å². The van der Waals surface area contributed by atoms with Crippen LogP contribution in [0, 0.1) is 11.8 Å². The van der Waals surface area contributed by atoms with Gasteiger partial charge >= 0.3 is 12.1 Å². The fourth-order valence-corrected chi connectivity index (χ4v) is 1.34. The molecule has 0 bridgehead atoms. The van der Waals surface area contributed by atoms with Crippen LogP contribution in [0.5, 0.6) is 0 Å². The number of alkyl halides is 3. The van der Waals surface area contributed by atoms with Crippen molar-refractivity contribution in [2.45, 2.75) is 12.6 Å². The Balaban J connectivity index is 3.13. The highest BCUT2D eigenvalue weighted by Crippen LogP contribution is 2.30. The molecule has 0 saturated heterocycles. The zero-order valence-corrected chi connectivity index (χ0v) is 10.1. The maximum atomic E-state index is 12.6. The van der Waals surface area contributed by atoms with Gasteiger partial charge in [-0.25, -0.2) is 4.79 Å². The molecule has 2 N–H and O–H groups in total. The largest absolute Gasteiger partial charge is 0.478 e. The van der Waals surface area contributed by atoms with Gasteiger partial charge in [-0.15, -0.1) is 0 Å². The van der Waals surface area contributed by atoms with Crippen molar-refractivity contribution in [1.82, 2.24) is 5.32 Å². The van der Waals surface area contributed by atoms with Gasteiger partial charge in [-0.1, -0.05) is 11.8 Å². The van der Waals surface area contributed by atoms with Crippen molar-refractivity contribution in [3.63, 3.8) is 0 Å². The van der Waals surface area contributed by atoms with Crippen LogP contribution in [0.25, 0.3) is 0 Å². The Bertz CT molecular complexity index is 527. The summed E-state index contributed by atoms with van der Waals surface area (Å²) >= 11 is 0. The van der Waals surface area contributed by atoms with Crippen molar-refractivity contribution in [2.24, 2.45) is 0 Å². The van der Waals surface area contributed by atoms with Crippen molar-refractivity contribution >= 4 is 5.97 Å². The summed E-state index contributed by atoms with van der Waals surface area (Å²) in [6.07, 6.45) is -4.12. The first-order valence-corrected chi connectivity index (χ1v) is 5.43. The Hall–Kier alpha value is -2.00. The van der Waals surface area contributed by atoms with E-state index in [0.717, 1.165) is 12.1 Å². The summed E-state index contributed by atoms with van der Waals surface area (Å²) in [5.74, 6) is 3.80.